The van der Waals surface area contributed by atoms with E-state index in [1.807, 2.05) is 18.2 Å². The third kappa shape index (κ3) is 2.75. The van der Waals surface area contributed by atoms with Gasteiger partial charge in [0, 0.05) is 11.4 Å². The molecule has 2 heteroatoms. The lowest BCUT2D eigenvalue weighted by molar-refractivity contribution is 1.16. The molecular formula is C11H13NO. The highest BCUT2D eigenvalue weighted by atomic mass is 16.1. The van der Waals surface area contributed by atoms with Gasteiger partial charge in [0.05, 0.1) is 0 Å². The molecule has 0 atom stereocenters. The number of hydrogen-bond acceptors (Lipinski definition) is 1. The van der Waals surface area contributed by atoms with Crippen LogP contribution >= 0.6 is 0 Å². The zero-order valence-corrected chi connectivity index (χ0v) is 7.71. The molecule has 0 aromatic carbocycles. The molecule has 0 aliphatic rings. The molecule has 1 rings (SSSR count). The maximum atomic E-state index is 10.9. The molecule has 0 aliphatic carbocycles. The van der Waals surface area contributed by atoms with E-state index in [0.29, 0.717) is 0 Å². The van der Waals surface area contributed by atoms with Gasteiger partial charge in [0.2, 0.25) is 5.56 Å². The summed E-state index contributed by atoms with van der Waals surface area (Å²) in [7, 11) is 0. The normalized spacial score (nSPS) is 12.5. The molecule has 0 saturated heterocycles. The Kier molecular flexibility index (Phi) is 3.26. The van der Waals surface area contributed by atoms with E-state index >= 15 is 0 Å². The Labute approximate surface area is 76.9 Å². The third-order valence-electron chi connectivity index (χ3n) is 1.67. The minimum atomic E-state index is -0.0939. The second kappa shape index (κ2) is 4.45. The fourth-order valence-corrected chi connectivity index (χ4v) is 0.970. The maximum Gasteiger partial charge on any atom is 0.248 e. The van der Waals surface area contributed by atoms with Gasteiger partial charge in [-0.05, 0) is 23.8 Å². The van der Waals surface area contributed by atoms with Crippen LogP contribution in [0.3, 0.4) is 0 Å². The van der Waals surface area contributed by atoms with Crippen LogP contribution in [0.4, 0.5) is 0 Å². The number of allylic oxidation sites excluding steroid dienone is 2. The molecule has 1 aromatic heterocycles. The van der Waals surface area contributed by atoms with Crippen molar-refractivity contribution in [2.75, 3.05) is 0 Å². The number of H-pyrrole nitrogens is 1. The highest BCUT2D eigenvalue weighted by molar-refractivity contribution is 5.34. The number of pyridine rings is 1. The van der Waals surface area contributed by atoms with Gasteiger partial charge in [-0.1, -0.05) is 25.7 Å². The second-order valence-corrected chi connectivity index (χ2v) is 2.76. The Morgan fingerprint density at radius 3 is 3.00 bits per heavy atom. The van der Waals surface area contributed by atoms with Crippen LogP contribution in [0.5, 0.6) is 0 Å². The van der Waals surface area contributed by atoms with Crippen molar-refractivity contribution in [1.29, 1.82) is 0 Å². The Morgan fingerprint density at radius 2 is 2.31 bits per heavy atom. The number of rotatable bonds is 2. The predicted octanol–water partition coefficient (Wildman–Crippen LogP) is 0.532. The molecule has 1 N–H and O–H groups in total. The van der Waals surface area contributed by atoms with Crippen LogP contribution < -0.4 is 16.1 Å². The SMILES string of the molecule is C=c1ccc(=O)[nH]/c1=C/C=C\CC. The topological polar surface area (TPSA) is 32.9 Å². The van der Waals surface area contributed by atoms with Crippen molar-refractivity contribution in [3.8, 4) is 0 Å². The molecule has 0 unspecified atom stereocenters. The molecule has 0 saturated carbocycles. The lowest BCUT2D eigenvalue weighted by atomic mass is 10.3. The van der Waals surface area contributed by atoms with Crippen molar-refractivity contribution in [1.82, 2.24) is 4.98 Å². The smallest absolute Gasteiger partial charge is 0.248 e. The minimum Gasteiger partial charge on any atom is -0.322 e. The number of aromatic nitrogens is 1. The van der Waals surface area contributed by atoms with Crippen molar-refractivity contribution in [2.45, 2.75) is 13.3 Å². The lowest BCUT2D eigenvalue weighted by Crippen LogP contribution is -2.32. The number of hydrogen-bond donors (Lipinski definition) is 1. The van der Waals surface area contributed by atoms with Gasteiger partial charge in [0.1, 0.15) is 0 Å². The zero-order chi connectivity index (χ0) is 9.68. The van der Waals surface area contributed by atoms with Gasteiger partial charge in [-0.2, -0.15) is 0 Å². The average Bonchev–Trinajstić information content (AvgIpc) is 2.11. The Balaban J connectivity index is 3.21. The Hall–Kier alpha value is -1.57. The monoisotopic (exact) mass is 175 g/mol. The first-order chi connectivity index (χ1) is 6.24. The van der Waals surface area contributed by atoms with E-state index in [9.17, 15) is 4.79 Å². The van der Waals surface area contributed by atoms with Crippen molar-refractivity contribution in [2.24, 2.45) is 0 Å². The molecule has 13 heavy (non-hydrogen) atoms. The summed E-state index contributed by atoms with van der Waals surface area (Å²) in [5.41, 5.74) is -0.0939. The zero-order valence-electron chi connectivity index (χ0n) is 7.71. The second-order valence-electron chi connectivity index (χ2n) is 2.76. The Morgan fingerprint density at radius 1 is 1.54 bits per heavy atom. The van der Waals surface area contributed by atoms with Crippen molar-refractivity contribution in [3.05, 3.63) is 45.2 Å². The summed E-state index contributed by atoms with van der Waals surface area (Å²) in [6.07, 6.45) is 6.78. The highest BCUT2D eigenvalue weighted by Crippen LogP contribution is 1.78. The van der Waals surface area contributed by atoms with Gasteiger partial charge in [0.15, 0.2) is 0 Å². The molecule has 1 aromatic rings. The summed E-state index contributed by atoms with van der Waals surface area (Å²) in [6.45, 7) is 5.86. The van der Waals surface area contributed by atoms with E-state index in [1.165, 1.54) is 6.07 Å². The van der Waals surface area contributed by atoms with Gasteiger partial charge in [-0.25, -0.2) is 0 Å². The van der Waals surface area contributed by atoms with E-state index < -0.39 is 0 Å². The summed E-state index contributed by atoms with van der Waals surface area (Å²) in [4.78, 5) is 13.7. The van der Waals surface area contributed by atoms with Gasteiger partial charge < -0.3 is 4.98 Å². The highest BCUT2D eigenvalue weighted by Gasteiger charge is 1.82. The van der Waals surface area contributed by atoms with Crippen LogP contribution in [0.1, 0.15) is 13.3 Å². The summed E-state index contributed by atoms with van der Waals surface area (Å²) in [5, 5.41) is 1.61. The molecule has 0 spiro atoms. The van der Waals surface area contributed by atoms with Crippen LogP contribution in [-0.4, -0.2) is 4.98 Å². The fraction of sp³-hybridized carbons (Fsp3) is 0.182. The van der Waals surface area contributed by atoms with Gasteiger partial charge >= 0.3 is 0 Å². The van der Waals surface area contributed by atoms with Crippen LogP contribution in [-0.2, 0) is 0 Å². The molecule has 0 aliphatic heterocycles. The van der Waals surface area contributed by atoms with Crippen LogP contribution in [0, 0.1) is 0 Å². The predicted molar refractivity (Wildman–Crippen MR) is 55.7 cm³/mol. The number of aromatic amines is 1. The third-order valence-corrected chi connectivity index (χ3v) is 1.67. The van der Waals surface area contributed by atoms with E-state index in [2.05, 4.69) is 18.5 Å². The van der Waals surface area contributed by atoms with Crippen molar-refractivity contribution < 1.29 is 0 Å². The first-order valence-corrected chi connectivity index (χ1v) is 4.29. The first kappa shape index (κ1) is 9.52. The van der Waals surface area contributed by atoms with Crippen molar-refractivity contribution in [3.63, 3.8) is 0 Å². The van der Waals surface area contributed by atoms with E-state index in [-0.39, 0.29) is 5.56 Å². The largest absolute Gasteiger partial charge is 0.322 e. The van der Waals surface area contributed by atoms with Gasteiger partial charge in [-0.3, -0.25) is 4.79 Å². The van der Waals surface area contributed by atoms with Gasteiger partial charge in [0.25, 0.3) is 0 Å². The van der Waals surface area contributed by atoms with Gasteiger partial charge in [-0.15, -0.1) is 0 Å². The quantitative estimate of drug-likeness (QED) is 0.699. The minimum absolute atomic E-state index is 0.0939. The summed E-state index contributed by atoms with van der Waals surface area (Å²) in [5.74, 6) is 0. The lowest BCUT2D eigenvalue weighted by Gasteiger charge is -1.86. The van der Waals surface area contributed by atoms with Crippen LogP contribution in [0.15, 0.2) is 29.1 Å². The maximum absolute atomic E-state index is 10.9. The van der Waals surface area contributed by atoms with E-state index in [1.54, 1.807) is 6.07 Å². The molecule has 0 amide bonds. The van der Waals surface area contributed by atoms with E-state index in [4.69, 9.17) is 0 Å². The summed E-state index contributed by atoms with van der Waals surface area (Å²) in [6, 6.07) is 3.19. The molecule has 0 fully saturated rings. The fourth-order valence-electron chi connectivity index (χ4n) is 0.970. The Bertz CT molecular complexity index is 454. The molecular weight excluding hydrogens is 162 g/mol. The number of nitrogens with one attached hydrogen (secondary N) is 1. The van der Waals surface area contributed by atoms with Crippen molar-refractivity contribution >= 4 is 12.7 Å². The molecule has 68 valence electrons. The molecule has 1 heterocycles. The van der Waals surface area contributed by atoms with Crippen LogP contribution in [0.25, 0.3) is 12.7 Å². The first-order valence-electron chi connectivity index (χ1n) is 4.29. The molecule has 0 bridgehead atoms. The average molecular weight is 175 g/mol. The summed E-state index contributed by atoms with van der Waals surface area (Å²) >= 11 is 0. The van der Waals surface area contributed by atoms with Crippen LogP contribution in [0.2, 0.25) is 0 Å². The molecule has 0 radical (unpaired) electrons. The standard InChI is InChI=1S/C11H13NO/c1-3-4-5-6-10-9(2)7-8-11(13)12-10/h4-8H,2-3H2,1H3,(H,12,13)/b5-4-,10-6+. The molecule has 2 nitrogen and oxygen atoms in total. The summed E-state index contributed by atoms with van der Waals surface area (Å²) < 4.78 is 0. The van der Waals surface area contributed by atoms with E-state index in [0.717, 1.165) is 17.0 Å².